The van der Waals surface area contributed by atoms with Gasteiger partial charge in [0.05, 0.1) is 30.0 Å². The molecule has 0 unspecified atom stereocenters. The van der Waals surface area contributed by atoms with E-state index in [4.69, 9.17) is 14.5 Å². The van der Waals surface area contributed by atoms with Crippen molar-refractivity contribution in [3.8, 4) is 5.69 Å². The van der Waals surface area contributed by atoms with Crippen molar-refractivity contribution in [3.05, 3.63) is 51.1 Å². The number of likely N-dealkylation sites (N-methyl/N-ethyl adjacent to an activating group) is 1. The van der Waals surface area contributed by atoms with Gasteiger partial charge in [-0.2, -0.15) is 0 Å². The van der Waals surface area contributed by atoms with E-state index in [1.54, 1.807) is 15.9 Å². The minimum atomic E-state index is -0.244. The van der Waals surface area contributed by atoms with Crippen molar-refractivity contribution in [1.29, 1.82) is 0 Å². The number of para-hydroxylation sites is 1. The summed E-state index contributed by atoms with van der Waals surface area (Å²) in [6, 6.07) is 9.75. The molecule has 1 saturated heterocycles. The van der Waals surface area contributed by atoms with Crippen molar-refractivity contribution in [1.82, 2.24) is 14.5 Å². The lowest BCUT2D eigenvalue weighted by Gasteiger charge is -2.21. The molecule has 1 aromatic carbocycles. The molecular weight excluding hydrogens is 394 g/mol. The number of rotatable bonds is 4. The topological polar surface area (TPSA) is 56.6 Å². The molecule has 0 N–H and O–H groups in total. The Hall–Kier alpha value is -1.71. The molecule has 0 bridgehead atoms. The Morgan fingerprint density at radius 1 is 1.25 bits per heavy atom. The molecule has 8 heteroatoms. The fraction of sp³-hybridized carbons (Fsp3) is 0.400. The summed E-state index contributed by atoms with van der Waals surface area (Å²) in [5, 5.41) is 1.48. The number of hydrogen-bond donors (Lipinski definition) is 0. The van der Waals surface area contributed by atoms with Crippen LogP contribution in [0.4, 0.5) is 0 Å². The highest BCUT2D eigenvalue weighted by Crippen LogP contribution is 2.34. The molecule has 0 radical (unpaired) electrons. The van der Waals surface area contributed by atoms with E-state index in [2.05, 4.69) is 11.9 Å². The first-order valence-electron chi connectivity index (χ1n) is 9.38. The highest BCUT2D eigenvalue weighted by Gasteiger charge is 2.25. The average molecular weight is 416 g/mol. The van der Waals surface area contributed by atoms with Crippen LogP contribution >= 0.6 is 23.1 Å². The summed E-state index contributed by atoms with van der Waals surface area (Å²) in [6.07, 6.45) is 0.653. The molecule has 0 atom stereocenters. The number of aromatic nitrogens is 2. The molecule has 0 saturated carbocycles. The fourth-order valence-electron chi connectivity index (χ4n) is 3.70. The first-order chi connectivity index (χ1) is 13.7. The molecule has 2 aliphatic heterocycles. The Morgan fingerprint density at radius 3 is 2.82 bits per heavy atom. The fourth-order valence-corrected chi connectivity index (χ4v) is 6.00. The summed E-state index contributed by atoms with van der Waals surface area (Å²) in [7, 11) is 2.12. The maximum atomic E-state index is 13.6. The third-order valence-electron chi connectivity index (χ3n) is 5.09. The maximum Gasteiger partial charge on any atom is 0.267 e. The number of benzene rings is 1. The first-order valence-corrected chi connectivity index (χ1v) is 11.2. The highest BCUT2D eigenvalue weighted by atomic mass is 32.2. The van der Waals surface area contributed by atoms with Crippen LogP contribution in [-0.2, 0) is 22.4 Å². The Balaban J connectivity index is 1.65. The first kappa shape index (κ1) is 18.3. The SMILES string of the molecule is CN1CCc2c(sc3nc(SCC4OCCO4)n(-c4ccccc4)c(=O)c23)C1. The second-order valence-corrected chi connectivity index (χ2v) is 9.10. The number of ether oxygens (including phenoxy) is 2. The standard InChI is InChI=1S/C20H21N3O3S2/c1-22-8-7-14-15(11-22)28-18-17(14)19(24)23(13-5-3-2-4-6-13)20(21-18)27-12-16-25-9-10-26-16/h2-6,16H,7-12H2,1H3. The number of nitrogens with zero attached hydrogens (tertiary/aromatic N) is 3. The van der Waals surface area contributed by atoms with Crippen LogP contribution in [0.25, 0.3) is 15.9 Å². The van der Waals surface area contributed by atoms with Crippen LogP contribution in [0.15, 0.2) is 40.3 Å². The third-order valence-corrected chi connectivity index (χ3v) is 7.17. The number of thioether (sulfide) groups is 1. The van der Waals surface area contributed by atoms with Crippen LogP contribution in [0.5, 0.6) is 0 Å². The zero-order chi connectivity index (χ0) is 19.1. The van der Waals surface area contributed by atoms with E-state index in [9.17, 15) is 4.79 Å². The zero-order valence-corrected chi connectivity index (χ0v) is 17.2. The van der Waals surface area contributed by atoms with Crippen molar-refractivity contribution < 1.29 is 9.47 Å². The molecule has 146 valence electrons. The Morgan fingerprint density at radius 2 is 2.04 bits per heavy atom. The van der Waals surface area contributed by atoms with E-state index in [1.165, 1.54) is 22.2 Å². The average Bonchev–Trinajstić information content (AvgIpc) is 3.34. The van der Waals surface area contributed by atoms with Crippen molar-refractivity contribution >= 4 is 33.3 Å². The lowest BCUT2D eigenvalue weighted by Crippen LogP contribution is -2.27. The molecule has 0 amide bonds. The van der Waals surface area contributed by atoms with Crippen LogP contribution < -0.4 is 5.56 Å². The molecule has 0 spiro atoms. The van der Waals surface area contributed by atoms with Gasteiger partial charge in [-0.15, -0.1) is 11.3 Å². The monoisotopic (exact) mass is 415 g/mol. The molecule has 28 heavy (non-hydrogen) atoms. The van der Waals surface area contributed by atoms with Crippen LogP contribution in [0.2, 0.25) is 0 Å². The van der Waals surface area contributed by atoms with Gasteiger partial charge in [-0.3, -0.25) is 9.36 Å². The minimum absolute atomic E-state index is 0.0222. The summed E-state index contributed by atoms with van der Waals surface area (Å²) in [5.74, 6) is 0.610. The normalized spacial score (nSPS) is 18.0. The van der Waals surface area contributed by atoms with E-state index in [1.807, 2.05) is 30.3 Å². The molecular formula is C20H21N3O3S2. The van der Waals surface area contributed by atoms with E-state index >= 15 is 0 Å². The summed E-state index contributed by atoms with van der Waals surface area (Å²) in [6.45, 7) is 3.09. The van der Waals surface area contributed by atoms with Gasteiger partial charge >= 0.3 is 0 Å². The number of hydrogen-bond acceptors (Lipinski definition) is 7. The molecule has 6 nitrogen and oxygen atoms in total. The number of fused-ring (bicyclic) bond motifs is 3. The maximum absolute atomic E-state index is 13.6. The van der Waals surface area contributed by atoms with Gasteiger partial charge in [-0.25, -0.2) is 4.98 Å². The lowest BCUT2D eigenvalue weighted by molar-refractivity contribution is -0.0215. The predicted octanol–water partition coefficient (Wildman–Crippen LogP) is 2.90. The third kappa shape index (κ3) is 3.29. The minimum Gasteiger partial charge on any atom is -0.349 e. The van der Waals surface area contributed by atoms with E-state index in [-0.39, 0.29) is 11.8 Å². The molecule has 1 fully saturated rings. The molecule has 3 aromatic rings. The molecule has 0 aliphatic carbocycles. The van der Waals surface area contributed by atoms with E-state index in [0.29, 0.717) is 24.1 Å². The van der Waals surface area contributed by atoms with Crippen molar-refractivity contribution in [2.75, 3.05) is 32.6 Å². The second kappa shape index (κ2) is 7.61. The van der Waals surface area contributed by atoms with Gasteiger partial charge in [-0.05, 0) is 31.2 Å². The predicted molar refractivity (Wildman–Crippen MR) is 112 cm³/mol. The largest absolute Gasteiger partial charge is 0.349 e. The van der Waals surface area contributed by atoms with Gasteiger partial charge in [0.25, 0.3) is 5.56 Å². The Bertz CT molecular complexity index is 1060. The highest BCUT2D eigenvalue weighted by molar-refractivity contribution is 7.99. The number of thiophene rings is 1. The van der Waals surface area contributed by atoms with Crippen LogP contribution in [0, 0.1) is 0 Å². The van der Waals surface area contributed by atoms with Gasteiger partial charge in [0, 0.05) is 18.0 Å². The Labute approximate surface area is 171 Å². The van der Waals surface area contributed by atoms with Crippen LogP contribution in [0.3, 0.4) is 0 Å². The second-order valence-electron chi connectivity index (χ2n) is 7.02. The molecule has 2 aliphatic rings. The quantitative estimate of drug-likeness (QED) is 0.482. The van der Waals surface area contributed by atoms with Gasteiger partial charge < -0.3 is 14.4 Å². The van der Waals surface area contributed by atoms with Gasteiger partial charge in [0.15, 0.2) is 11.4 Å². The summed E-state index contributed by atoms with van der Waals surface area (Å²) >= 11 is 3.16. The molecule has 2 aromatic heterocycles. The molecule has 5 rings (SSSR count). The van der Waals surface area contributed by atoms with Gasteiger partial charge in [0.2, 0.25) is 0 Å². The van der Waals surface area contributed by atoms with Gasteiger partial charge in [0.1, 0.15) is 4.83 Å². The smallest absolute Gasteiger partial charge is 0.267 e. The van der Waals surface area contributed by atoms with Crippen molar-refractivity contribution in [3.63, 3.8) is 0 Å². The van der Waals surface area contributed by atoms with Gasteiger partial charge in [-0.1, -0.05) is 30.0 Å². The van der Waals surface area contributed by atoms with Crippen molar-refractivity contribution in [2.45, 2.75) is 24.4 Å². The Kier molecular flexibility index (Phi) is 4.98. The lowest BCUT2D eigenvalue weighted by atomic mass is 10.1. The summed E-state index contributed by atoms with van der Waals surface area (Å²) < 4.78 is 12.9. The van der Waals surface area contributed by atoms with Crippen molar-refractivity contribution in [2.24, 2.45) is 0 Å². The van der Waals surface area contributed by atoms with E-state index in [0.717, 1.165) is 35.4 Å². The van der Waals surface area contributed by atoms with E-state index < -0.39 is 0 Å². The molecule has 4 heterocycles. The van der Waals surface area contributed by atoms with Crippen LogP contribution in [-0.4, -0.2) is 53.3 Å². The van der Waals surface area contributed by atoms with Crippen LogP contribution in [0.1, 0.15) is 10.4 Å². The summed E-state index contributed by atoms with van der Waals surface area (Å²) in [5.41, 5.74) is 2.04. The summed E-state index contributed by atoms with van der Waals surface area (Å²) in [4.78, 5) is 22.9. The zero-order valence-electron chi connectivity index (χ0n) is 15.6.